The van der Waals surface area contributed by atoms with E-state index in [0.29, 0.717) is 12.5 Å². The van der Waals surface area contributed by atoms with E-state index in [4.69, 9.17) is 11.6 Å². The van der Waals surface area contributed by atoms with Gasteiger partial charge in [0.25, 0.3) is 5.56 Å². The molecule has 0 aliphatic heterocycles. The van der Waals surface area contributed by atoms with Gasteiger partial charge in [0.15, 0.2) is 0 Å². The Balaban J connectivity index is 1.58. The van der Waals surface area contributed by atoms with Gasteiger partial charge in [0.2, 0.25) is 5.28 Å². The lowest BCUT2D eigenvalue weighted by Crippen LogP contribution is -2.22. The average Bonchev–Trinajstić information content (AvgIpc) is 3.32. The minimum atomic E-state index is 0.0752. The Morgan fingerprint density at radius 2 is 2.27 bits per heavy atom. The zero-order valence-corrected chi connectivity index (χ0v) is 13.3. The van der Waals surface area contributed by atoms with E-state index >= 15 is 0 Å². The highest BCUT2D eigenvalue weighted by atomic mass is 35.5. The third kappa shape index (κ3) is 3.47. The van der Waals surface area contributed by atoms with Crippen LogP contribution < -0.4 is 10.9 Å². The number of hydrogen-bond acceptors (Lipinski definition) is 4. The molecule has 5 nitrogen and oxygen atoms in total. The summed E-state index contributed by atoms with van der Waals surface area (Å²) in [7, 11) is 0. The maximum absolute atomic E-state index is 11.9. The standard InChI is InChI=1S/C16H19ClN4O/c1-11-4-2-8-21(15(11)22)9-3-7-18-14-13(12-5-6-12)10-19-16(17)20-14/h2,4,8,10,12H,3,5-7,9H2,1H3,(H,18,19,20). The number of rotatable bonds is 6. The van der Waals surface area contributed by atoms with E-state index in [2.05, 4.69) is 15.3 Å². The van der Waals surface area contributed by atoms with Gasteiger partial charge in [-0.15, -0.1) is 0 Å². The summed E-state index contributed by atoms with van der Waals surface area (Å²) in [6.07, 6.45) is 6.87. The van der Waals surface area contributed by atoms with Gasteiger partial charge in [-0.2, -0.15) is 0 Å². The molecule has 3 rings (SSSR count). The molecular formula is C16H19ClN4O. The number of hydrogen-bond donors (Lipinski definition) is 1. The van der Waals surface area contributed by atoms with Gasteiger partial charge in [-0.05, 0) is 49.8 Å². The second-order valence-electron chi connectivity index (χ2n) is 5.69. The Morgan fingerprint density at radius 3 is 3.05 bits per heavy atom. The van der Waals surface area contributed by atoms with Crippen molar-refractivity contribution in [2.24, 2.45) is 0 Å². The molecule has 0 unspecified atom stereocenters. The highest BCUT2D eigenvalue weighted by molar-refractivity contribution is 6.28. The van der Waals surface area contributed by atoms with Crippen LogP contribution in [0.5, 0.6) is 0 Å². The van der Waals surface area contributed by atoms with Crippen LogP contribution in [0.25, 0.3) is 0 Å². The lowest BCUT2D eigenvalue weighted by Gasteiger charge is -2.11. The SMILES string of the molecule is Cc1cccn(CCCNc2nc(Cl)ncc2C2CC2)c1=O. The topological polar surface area (TPSA) is 59.8 Å². The van der Waals surface area contributed by atoms with E-state index in [1.807, 2.05) is 31.5 Å². The van der Waals surface area contributed by atoms with E-state index in [1.54, 1.807) is 4.57 Å². The predicted molar refractivity (Wildman–Crippen MR) is 87.6 cm³/mol. The molecule has 116 valence electrons. The van der Waals surface area contributed by atoms with Crippen molar-refractivity contribution in [1.29, 1.82) is 0 Å². The summed E-state index contributed by atoms with van der Waals surface area (Å²) in [4.78, 5) is 20.3. The van der Waals surface area contributed by atoms with Crippen molar-refractivity contribution in [3.8, 4) is 0 Å². The molecule has 0 amide bonds. The third-order valence-electron chi connectivity index (χ3n) is 3.88. The Morgan fingerprint density at radius 1 is 1.45 bits per heavy atom. The molecule has 22 heavy (non-hydrogen) atoms. The summed E-state index contributed by atoms with van der Waals surface area (Å²) in [5, 5.41) is 3.59. The zero-order chi connectivity index (χ0) is 15.5. The van der Waals surface area contributed by atoms with Crippen LogP contribution in [0.3, 0.4) is 0 Å². The first-order valence-electron chi connectivity index (χ1n) is 7.57. The van der Waals surface area contributed by atoms with Crippen LogP contribution in [-0.4, -0.2) is 21.1 Å². The Hall–Kier alpha value is -1.88. The van der Waals surface area contributed by atoms with Gasteiger partial charge in [0.1, 0.15) is 5.82 Å². The summed E-state index contributed by atoms with van der Waals surface area (Å²) in [5.41, 5.74) is 2.00. The molecular weight excluding hydrogens is 300 g/mol. The van der Waals surface area contributed by atoms with Gasteiger partial charge < -0.3 is 9.88 Å². The van der Waals surface area contributed by atoms with Gasteiger partial charge in [-0.1, -0.05) is 6.07 Å². The normalized spacial score (nSPS) is 14.1. The summed E-state index contributed by atoms with van der Waals surface area (Å²) in [6.45, 7) is 3.26. The number of aryl methyl sites for hydroxylation is 2. The second kappa shape index (κ2) is 6.48. The molecule has 1 aliphatic carbocycles. The molecule has 1 N–H and O–H groups in total. The fraction of sp³-hybridized carbons (Fsp3) is 0.438. The fourth-order valence-corrected chi connectivity index (χ4v) is 2.63. The van der Waals surface area contributed by atoms with Crippen LogP contribution in [0, 0.1) is 6.92 Å². The van der Waals surface area contributed by atoms with Gasteiger partial charge in [0.05, 0.1) is 0 Å². The lowest BCUT2D eigenvalue weighted by molar-refractivity contribution is 0.635. The Labute approximate surface area is 134 Å². The first-order chi connectivity index (χ1) is 10.6. The van der Waals surface area contributed by atoms with Crippen LogP contribution in [-0.2, 0) is 6.54 Å². The van der Waals surface area contributed by atoms with E-state index in [0.717, 1.165) is 29.9 Å². The number of pyridine rings is 1. The van der Waals surface area contributed by atoms with E-state index in [1.165, 1.54) is 12.8 Å². The first-order valence-corrected chi connectivity index (χ1v) is 7.95. The minimum absolute atomic E-state index is 0.0752. The summed E-state index contributed by atoms with van der Waals surface area (Å²) in [5.74, 6) is 1.40. The molecule has 0 radical (unpaired) electrons. The molecule has 2 aromatic rings. The van der Waals surface area contributed by atoms with Crippen molar-refractivity contribution in [3.05, 3.63) is 51.3 Å². The number of nitrogens with zero attached hydrogens (tertiary/aromatic N) is 3. The molecule has 0 spiro atoms. The van der Waals surface area contributed by atoms with Gasteiger partial charge in [-0.25, -0.2) is 9.97 Å². The van der Waals surface area contributed by atoms with E-state index in [-0.39, 0.29) is 10.8 Å². The largest absolute Gasteiger partial charge is 0.370 e. The minimum Gasteiger partial charge on any atom is -0.370 e. The van der Waals surface area contributed by atoms with Crippen molar-refractivity contribution in [1.82, 2.24) is 14.5 Å². The fourth-order valence-electron chi connectivity index (χ4n) is 2.49. The molecule has 0 bridgehead atoms. The highest BCUT2D eigenvalue weighted by Crippen LogP contribution is 2.42. The van der Waals surface area contributed by atoms with Crippen molar-refractivity contribution in [2.75, 3.05) is 11.9 Å². The van der Waals surface area contributed by atoms with E-state index < -0.39 is 0 Å². The van der Waals surface area contributed by atoms with Crippen molar-refractivity contribution in [2.45, 2.75) is 38.6 Å². The maximum atomic E-state index is 11.9. The quantitative estimate of drug-likeness (QED) is 0.657. The number of halogens is 1. The molecule has 1 fully saturated rings. The predicted octanol–water partition coefficient (Wildman–Crippen LogP) is 2.98. The summed E-state index contributed by atoms with van der Waals surface area (Å²) in [6, 6.07) is 3.74. The molecule has 0 atom stereocenters. The van der Waals surface area contributed by atoms with Crippen LogP contribution in [0.2, 0.25) is 5.28 Å². The number of anilines is 1. The van der Waals surface area contributed by atoms with Crippen LogP contribution in [0.1, 0.15) is 36.3 Å². The third-order valence-corrected chi connectivity index (χ3v) is 4.07. The summed E-state index contributed by atoms with van der Waals surface area (Å²) >= 11 is 5.88. The number of nitrogens with one attached hydrogen (secondary N) is 1. The van der Waals surface area contributed by atoms with Crippen LogP contribution >= 0.6 is 11.6 Å². The molecule has 0 aromatic carbocycles. The smallest absolute Gasteiger partial charge is 0.253 e. The Bertz CT molecular complexity index is 724. The molecule has 2 aromatic heterocycles. The van der Waals surface area contributed by atoms with Gasteiger partial charge >= 0.3 is 0 Å². The molecule has 0 saturated heterocycles. The van der Waals surface area contributed by atoms with Crippen molar-refractivity contribution >= 4 is 17.4 Å². The maximum Gasteiger partial charge on any atom is 0.253 e. The van der Waals surface area contributed by atoms with Crippen molar-refractivity contribution < 1.29 is 0 Å². The number of aromatic nitrogens is 3. The second-order valence-corrected chi connectivity index (χ2v) is 6.03. The Kier molecular flexibility index (Phi) is 4.43. The summed E-state index contributed by atoms with van der Waals surface area (Å²) < 4.78 is 1.74. The monoisotopic (exact) mass is 318 g/mol. The average molecular weight is 319 g/mol. The lowest BCUT2D eigenvalue weighted by atomic mass is 10.2. The molecule has 2 heterocycles. The molecule has 1 aliphatic rings. The van der Waals surface area contributed by atoms with Crippen molar-refractivity contribution in [3.63, 3.8) is 0 Å². The highest BCUT2D eigenvalue weighted by Gasteiger charge is 2.27. The van der Waals surface area contributed by atoms with Crippen LogP contribution in [0.15, 0.2) is 29.3 Å². The van der Waals surface area contributed by atoms with E-state index in [9.17, 15) is 4.79 Å². The zero-order valence-electron chi connectivity index (χ0n) is 12.6. The molecule has 1 saturated carbocycles. The first kappa shape index (κ1) is 15.0. The molecule has 6 heteroatoms. The van der Waals surface area contributed by atoms with Crippen LogP contribution in [0.4, 0.5) is 5.82 Å². The van der Waals surface area contributed by atoms with Gasteiger partial charge in [0, 0.05) is 36.6 Å². The van der Waals surface area contributed by atoms with Gasteiger partial charge in [-0.3, -0.25) is 4.79 Å².